The molecule has 3 aromatic rings. The Bertz CT molecular complexity index is 871. The summed E-state index contributed by atoms with van der Waals surface area (Å²) in [5.41, 5.74) is 1.03. The van der Waals surface area contributed by atoms with Gasteiger partial charge < -0.3 is 14.8 Å². The van der Waals surface area contributed by atoms with Gasteiger partial charge in [0.15, 0.2) is 5.65 Å². The van der Waals surface area contributed by atoms with E-state index in [1.165, 1.54) is 4.52 Å². The maximum atomic E-state index is 12.1. The van der Waals surface area contributed by atoms with E-state index in [2.05, 4.69) is 26.0 Å². The van der Waals surface area contributed by atoms with Gasteiger partial charge in [-0.3, -0.25) is 4.79 Å². The van der Waals surface area contributed by atoms with Crippen molar-refractivity contribution in [3.05, 3.63) is 56.4 Å². The molecule has 0 atom stereocenters. The zero-order valence-electron chi connectivity index (χ0n) is 11.8. The van der Waals surface area contributed by atoms with Crippen molar-refractivity contribution in [3.63, 3.8) is 0 Å². The number of halogens is 1. The molecule has 0 saturated heterocycles. The highest BCUT2D eigenvalue weighted by Crippen LogP contribution is 2.24. The van der Waals surface area contributed by atoms with Crippen molar-refractivity contribution in [1.82, 2.24) is 14.6 Å². The van der Waals surface area contributed by atoms with Crippen LogP contribution in [0.25, 0.3) is 5.65 Å². The number of rotatable bonds is 4. The number of para-hydroxylation sites is 1. The number of ether oxygens (including phenoxy) is 1. The molecule has 114 valence electrons. The Hall–Kier alpha value is -2.28. The zero-order chi connectivity index (χ0) is 15.7. The molecule has 1 aromatic carbocycles. The van der Waals surface area contributed by atoms with Crippen molar-refractivity contribution in [2.45, 2.75) is 13.3 Å². The van der Waals surface area contributed by atoms with Crippen LogP contribution in [0.1, 0.15) is 11.3 Å². The summed E-state index contributed by atoms with van der Waals surface area (Å²) in [5.74, 6) is 0.557. The minimum atomic E-state index is -0.345. The van der Waals surface area contributed by atoms with Crippen LogP contribution in [0.4, 0.5) is 0 Å². The highest BCUT2D eigenvalue weighted by molar-refractivity contribution is 9.10. The summed E-state index contributed by atoms with van der Waals surface area (Å²) in [4.78, 5) is 14.8. The minimum absolute atomic E-state index is 0.163. The number of nitrogens with one attached hydrogen (secondary N) is 1. The van der Waals surface area contributed by atoms with Crippen molar-refractivity contribution in [2.24, 2.45) is 0 Å². The first kappa shape index (κ1) is 14.6. The van der Waals surface area contributed by atoms with Gasteiger partial charge >= 0.3 is 0 Å². The Kier molecular flexibility index (Phi) is 3.89. The molecule has 0 radical (unpaired) electrons. The molecular formula is C15H14BrN3O3. The molecule has 6 nitrogen and oxygen atoms in total. The molecule has 2 N–H and O–H groups in total. The molecule has 2 aromatic heterocycles. The summed E-state index contributed by atoms with van der Waals surface area (Å²) in [6, 6.07) is 9.31. The van der Waals surface area contributed by atoms with Gasteiger partial charge in [-0.05, 0) is 35.0 Å². The van der Waals surface area contributed by atoms with E-state index >= 15 is 0 Å². The Morgan fingerprint density at radius 2 is 2.09 bits per heavy atom. The fraction of sp³-hybridized carbons (Fsp3) is 0.200. The van der Waals surface area contributed by atoms with Crippen LogP contribution in [0.2, 0.25) is 0 Å². The lowest BCUT2D eigenvalue weighted by Crippen LogP contribution is -2.18. The van der Waals surface area contributed by atoms with Gasteiger partial charge in [-0.2, -0.15) is 9.61 Å². The van der Waals surface area contributed by atoms with Crippen molar-refractivity contribution < 1.29 is 9.84 Å². The first-order chi connectivity index (χ1) is 10.6. The van der Waals surface area contributed by atoms with Gasteiger partial charge in [0, 0.05) is 6.42 Å². The quantitative estimate of drug-likeness (QED) is 0.745. The van der Waals surface area contributed by atoms with E-state index in [1.54, 1.807) is 6.92 Å². The zero-order valence-corrected chi connectivity index (χ0v) is 13.4. The molecule has 0 aliphatic carbocycles. The SMILES string of the molecule is Cc1nn2c(O)c(CCOc3ccccc3)c(=O)[nH]c2c1Br. The highest BCUT2D eigenvalue weighted by Gasteiger charge is 2.16. The van der Waals surface area contributed by atoms with Crippen LogP contribution < -0.4 is 10.3 Å². The lowest BCUT2D eigenvalue weighted by atomic mass is 10.2. The Balaban J connectivity index is 1.86. The van der Waals surface area contributed by atoms with Gasteiger partial charge in [-0.25, -0.2) is 0 Å². The number of fused-ring (bicyclic) bond motifs is 1. The molecule has 0 aliphatic rings. The highest BCUT2D eigenvalue weighted by atomic mass is 79.9. The van der Waals surface area contributed by atoms with E-state index in [4.69, 9.17) is 4.74 Å². The number of aryl methyl sites for hydroxylation is 1. The number of hydrogen-bond donors (Lipinski definition) is 2. The van der Waals surface area contributed by atoms with Crippen LogP contribution in [-0.4, -0.2) is 26.3 Å². The molecule has 0 aliphatic heterocycles. The largest absolute Gasteiger partial charge is 0.493 e. The van der Waals surface area contributed by atoms with Gasteiger partial charge in [-0.1, -0.05) is 18.2 Å². The van der Waals surface area contributed by atoms with E-state index in [-0.39, 0.29) is 30.0 Å². The lowest BCUT2D eigenvalue weighted by molar-refractivity contribution is 0.317. The molecule has 0 saturated carbocycles. The molecule has 0 fully saturated rings. The predicted molar refractivity (Wildman–Crippen MR) is 85.6 cm³/mol. The lowest BCUT2D eigenvalue weighted by Gasteiger charge is -2.07. The molecule has 3 rings (SSSR count). The van der Waals surface area contributed by atoms with E-state index in [0.29, 0.717) is 15.8 Å². The molecule has 22 heavy (non-hydrogen) atoms. The van der Waals surface area contributed by atoms with Crippen molar-refractivity contribution in [1.29, 1.82) is 0 Å². The average Bonchev–Trinajstić information content (AvgIpc) is 2.80. The summed E-state index contributed by atoms with van der Waals surface area (Å²) in [5, 5.41) is 14.5. The number of benzene rings is 1. The van der Waals surface area contributed by atoms with Crippen LogP contribution in [0.5, 0.6) is 11.6 Å². The van der Waals surface area contributed by atoms with Crippen LogP contribution in [0.15, 0.2) is 39.6 Å². The average molecular weight is 364 g/mol. The third kappa shape index (κ3) is 2.59. The van der Waals surface area contributed by atoms with Crippen LogP contribution in [0.3, 0.4) is 0 Å². The standard InChI is InChI=1S/C15H14BrN3O3/c1-9-12(16)13-17-14(20)11(15(21)19(13)18-9)7-8-22-10-5-3-2-4-6-10/h2-6,21H,7-8H2,1H3,(H,17,20). The molecule has 2 heterocycles. The molecule has 7 heteroatoms. The Morgan fingerprint density at radius 3 is 2.82 bits per heavy atom. The van der Waals surface area contributed by atoms with Crippen LogP contribution in [0, 0.1) is 6.92 Å². The van der Waals surface area contributed by atoms with Gasteiger partial charge in [0.2, 0.25) is 5.88 Å². The van der Waals surface area contributed by atoms with E-state index in [0.717, 1.165) is 5.75 Å². The van der Waals surface area contributed by atoms with E-state index in [1.807, 2.05) is 30.3 Å². The summed E-state index contributed by atoms with van der Waals surface area (Å²) >= 11 is 3.34. The molecule has 0 amide bonds. The summed E-state index contributed by atoms with van der Waals surface area (Å²) in [7, 11) is 0. The van der Waals surface area contributed by atoms with Gasteiger partial charge in [0.1, 0.15) is 5.75 Å². The van der Waals surface area contributed by atoms with Crippen molar-refractivity contribution in [2.75, 3.05) is 6.61 Å². The summed E-state index contributed by atoms with van der Waals surface area (Å²) < 4.78 is 7.54. The van der Waals surface area contributed by atoms with Gasteiger partial charge in [0.25, 0.3) is 5.56 Å². The topological polar surface area (TPSA) is 79.6 Å². The summed E-state index contributed by atoms with van der Waals surface area (Å²) in [6.45, 7) is 2.07. The van der Waals surface area contributed by atoms with Crippen LogP contribution in [-0.2, 0) is 6.42 Å². The predicted octanol–water partition coefficient (Wildman–Crippen LogP) is 2.42. The number of aromatic hydroxyl groups is 1. The van der Waals surface area contributed by atoms with Crippen molar-refractivity contribution in [3.8, 4) is 11.6 Å². The second kappa shape index (κ2) is 5.84. The van der Waals surface area contributed by atoms with Gasteiger partial charge in [0.05, 0.1) is 22.3 Å². The Labute approximate surface area is 134 Å². The van der Waals surface area contributed by atoms with Crippen molar-refractivity contribution >= 4 is 21.6 Å². The molecule has 0 bridgehead atoms. The van der Waals surface area contributed by atoms with Crippen LogP contribution >= 0.6 is 15.9 Å². The Morgan fingerprint density at radius 1 is 1.36 bits per heavy atom. The fourth-order valence-corrected chi connectivity index (χ4v) is 2.54. The smallest absolute Gasteiger partial charge is 0.258 e. The first-order valence-corrected chi connectivity index (χ1v) is 7.54. The number of hydrogen-bond acceptors (Lipinski definition) is 4. The monoisotopic (exact) mass is 363 g/mol. The third-order valence-corrected chi connectivity index (χ3v) is 4.28. The molecular weight excluding hydrogens is 350 g/mol. The minimum Gasteiger partial charge on any atom is -0.493 e. The third-order valence-electron chi connectivity index (χ3n) is 3.33. The second-order valence-corrected chi connectivity index (χ2v) is 5.62. The second-order valence-electron chi connectivity index (χ2n) is 4.83. The van der Waals surface area contributed by atoms with E-state index in [9.17, 15) is 9.90 Å². The molecule has 0 spiro atoms. The number of nitrogens with zero attached hydrogens (tertiary/aromatic N) is 2. The number of H-pyrrole nitrogens is 1. The molecule has 0 unspecified atom stereocenters. The first-order valence-electron chi connectivity index (χ1n) is 6.74. The fourth-order valence-electron chi connectivity index (χ4n) is 2.19. The maximum absolute atomic E-state index is 12.1. The number of aromatic amines is 1. The summed E-state index contributed by atoms with van der Waals surface area (Å²) in [6.07, 6.45) is 0.280. The van der Waals surface area contributed by atoms with E-state index < -0.39 is 0 Å². The normalized spacial score (nSPS) is 11.0. The maximum Gasteiger partial charge on any atom is 0.258 e. The number of aromatic nitrogens is 3. The van der Waals surface area contributed by atoms with Gasteiger partial charge in [-0.15, -0.1) is 0 Å².